The van der Waals surface area contributed by atoms with Gasteiger partial charge in [-0.1, -0.05) is 13.8 Å². The standard InChI is InChI=1S/C15H22N2OS/c1-12(2)16-8-14-4-5-15(18-14)10-17(3)9-13-6-7-19-11-13/h4-7,11-12,16H,8-10H2,1-3H3. The van der Waals surface area contributed by atoms with Crippen LogP contribution < -0.4 is 5.32 Å². The Hall–Kier alpha value is -1.10. The lowest BCUT2D eigenvalue weighted by Crippen LogP contribution is -2.21. The Labute approximate surface area is 119 Å². The van der Waals surface area contributed by atoms with Crippen LogP contribution in [0.4, 0.5) is 0 Å². The Morgan fingerprint density at radius 2 is 2.00 bits per heavy atom. The Balaban J connectivity index is 1.82. The summed E-state index contributed by atoms with van der Waals surface area (Å²) >= 11 is 1.74. The molecule has 0 fully saturated rings. The molecule has 0 aliphatic rings. The van der Waals surface area contributed by atoms with Crippen molar-refractivity contribution in [2.24, 2.45) is 0 Å². The summed E-state index contributed by atoms with van der Waals surface area (Å²) in [5, 5.41) is 7.67. The molecule has 4 heteroatoms. The highest BCUT2D eigenvalue weighted by atomic mass is 32.1. The number of thiophene rings is 1. The maximum atomic E-state index is 5.82. The third-order valence-electron chi connectivity index (χ3n) is 2.86. The van der Waals surface area contributed by atoms with Crippen LogP contribution in [0.1, 0.15) is 30.9 Å². The molecule has 19 heavy (non-hydrogen) atoms. The number of hydrogen-bond donors (Lipinski definition) is 1. The Morgan fingerprint density at radius 3 is 2.68 bits per heavy atom. The first-order valence-electron chi connectivity index (χ1n) is 6.64. The van der Waals surface area contributed by atoms with E-state index in [2.05, 4.69) is 60.1 Å². The maximum Gasteiger partial charge on any atom is 0.118 e. The fourth-order valence-electron chi connectivity index (χ4n) is 1.92. The first-order valence-corrected chi connectivity index (χ1v) is 7.58. The SMILES string of the molecule is CC(C)NCc1ccc(CN(C)Cc2ccsc2)o1. The fourth-order valence-corrected chi connectivity index (χ4v) is 2.58. The van der Waals surface area contributed by atoms with Gasteiger partial charge < -0.3 is 9.73 Å². The van der Waals surface area contributed by atoms with Gasteiger partial charge in [-0.15, -0.1) is 0 Å². The minimum atomic E-state index is 0.481. The Kier molecular flexibility index (Phi) is 5.19. The van der Waals surface area contributed by atoms with Crippen molar-refractivity contribution in [2.75, 3.05) is 7.05 Å². The van der Waals surface area contributed by atoms with Gasteiger partial charge in [0.05, 0.1) is 13.1 Å². The third-order valence-corrected chi connectivity index (χ3v) is 3.59. The molecule has 0 aliphatic carbocycles. The zero-order chi connectivity index (χ0) is 13.7. The molecule has 0 atom stereocenters. The van der Waals surface area contributed by atoms with E-state index in [0.717, 1.165) is 31.2 Å². The van der Waals surface area contributed by atoms with E-state index >= 15 is 0 Å². The molecule has 0 saturated carbocycles. The summed E-state index contributed by atoms with van der Waals surface area (Å²) in [6, 6.07) is 6.78. The first-order chi connectivity index (χ1) is 9.13. The van der Waals surface area contributed by atoms with Crippen LogP contribution in [0.15, 0.2) is 33.4 Å². The van der Waals surface area contributed by atoms with Gasteiger partial charge >= 0.3 is 0 Å². The number of rotatable bonds is 7. The molecule has 0 unspecified atom stereocenters. The van der Waals surface area contributed by atoms with Crippen molar-refractivity contribution < 1.29 is 4.42 Å². The van der Waals surface area contributed by atoms with E-state index in [1.807, 2.05) is 0 Å². The van der Waals surface area contributed by atoms with Gasteiger partial charge in [0.25, 0.3) is 0 Å². The van der Waals surface area contributed by atoms with E-state index in [0.29, 0.717) is 6.04 Å². The zero-order valence-corrected chi connectivity index (χ0v) is 12.7. The molecule has 2 heterocycles. The van der Waals surface area contributed by atoms with Gasteiger partial charge in [-0.05, 0) is 41.6 Å². The van der Waals surface area contributed by atoms with Crippen molar-refractivity contribution in [3.8, 4) is 0 Å². The van der Waals surface area contributed by atoms with Crippen LogP contribution in [0.5, 0.6) is 0 Å². The second-order valence-corrected chi connectivity index (χ2v) is 5.99. The minimum absolute atomic E-state index is 0.481. The van der Waals surface area contributed by atoms with Gasteiger partial charge in [0.1, 0.15) is 11.5 Å². The maximum absolute atomic E-state index is 5.82. The van der Waals surface area contributed by atoms with Crippen LogP contribution in [0, 0.1) is 0 Å². The van der Waals surface area contributed by atoms with Crippen molar-refractivity contribution in [2.45, 2.75) is 39.5 Å². The predicted molar refractivity (Wildman–Crippen MR) is 80.2 cm³/mol. The van der Waals surface area contributed by atoms with Crippen molar-refractivity contribution in [1.29, 1.82) is 0 Å². The molecule has 0 saturated heterocycles. The molecular weight excluding hydrogens is 256 g/mol. The lowest BCUT2D eigenvalue weighted by atomic mass is 10.3. The second kappa shape index (κ2) is 6.89. The van der Waals surface area contributed by atoms with E-state index in [-0.39, 0.29) is 0 Å². The monoisotopic (exact) mass is 278 g/mol. The molecule has 2 rings (SSSR count). The minimum Gasteiger partial charge on any atom is -0.463 e. The highest BCUT2D eigenvalue weighted by molar-refractivity contribution is 7.07. The summed E-state index contributed by atoms with van der Waals surface area (Å²) in [5.74, 6) is 2.03. The van der Waals surface area contributed by atoms with Gasteiger partial charge in [0, 0.05) is 12.6 Å². The lowest BCUT2D eigenvalue weighted by Gasteiger charge is -2.14. The van der Waals surface area contributed by atoms with E-state index in [1.54, 1.807) is 11.3 Å². The van der Waals surface area contributed by atoms with Gasteiger partial charge in [0.2, 0.25) is 0 Å². The molecule has 0 radical (unpaired) electrons. The summed E-state index contributed by atoms with van der Waals surface area (Å²) in [7, 11) is 2.12. The summed E-state index contributed by atoms with van der Waals surface area (Å²) in [6.45, 7) is 6.88. The van der Waals surface area contributed by atoms with E-state index in [1.165, 1.54) is 5.56 Å². The van der Waals surface area contributed by atoms with E-state index in [4.69, 9.17) is 4.42 Å². The topological polar surface area (TPSA) is 28.4 Å². The number of furan rings is 1. The average Bonchev–Trinajstić information content (AvgIpc) is 2.98. The third kappa shape index (κ3) is 4.82. The Bertz CT molecular complexity index is 476. The predicted octanol–water partition coefficient (Wildman–Crippen LogP) is 3.47. The Morgan fingerprint density at radius 1 is 1.21 bits per heavy atom. The van der Waals surface area contributed by atoms with Crippen LogP contribution in [-0.4, -0.2) is 18.0 Å². The molecule has 3 nitrogen and oxygen atoms in total. The highest BCUT2D eigenvalue weighted by Gasteiger charge is 2.07. The largest absolute Gasteiger partial charge is 0.463 e. The molecule has 0 amide bonds. The van der Waals surface area contributed by atoms with Crippen LogP contribution in [0.25, 0.3) is 0 Å². The van der Waals surface area contributed by atoms with Gasteiger partial charge in [-0.2, -0.15) is 11.3 Å². The van der Waals surface area contributed by atoms with E-state index in [9.17, 15) is 0 Å². The summed E-state index contributed by atoms with van der Waals surface area (Å²) in [5.41, 5.74) is 1.36. The average molecular weight is 278 g/mol. The molecule has 0 aliphatic heterocycles. The second-order valence-electron chi connectivity index (χ2n) is 5.21. The van der Waals surface area contributed by atoms with Crippen LogP contribution in [0.2, 0.25) is 0 Å². The number of hydrogen-bond acceptors (Lipinski definition) is 4. The summed E-state index contributed by atoms with van der Waals surface area (Å²) < 4.78 is 5.82. The number of nitrogens with zero attached hydrogens (tertiary/aromatic N) is 1. The highest BCUT2D eigenvalue weighted by Crippen LogP contribution is 2.13. The molecule has 0 spiro atoms. The molecule has 0 aromatic carbocycles. The van der Waals surface area contributed by atoms with Crippen LogP contribution >= 0.6 is 11.3 Å². The van der Waals surface area contributed by atoms with Crippen LogP contribution in [0.3, 0.4) is 0 Å². The smallest absolute Gasteiger partial charge is 0.118 e. The lowest BCUT2D eigenvalue weighted by molar-refractivity contribution is 0.282. The van der Waals surface area contributed by atoms with Crippen molar-refractivity contribution in [3.05, 3.63) is 46.0 Å². The first kappa shape index (κ1) is 14.3. The number of nitrogens with one attached hydrogen (secondary N) is 1. The van der Waals surface area contributed by atoms with E-state index < -0.39 is 0 Å². The fraction of sp³-hybridized carbons (Fsp3) is 0.467. The zero-order valence-electron chi connectivity index (χ0n) is 11.8. The van der Waals surface area contributed by atoms with Gasteiger partial charge in [0.15, 0.2) is 0 Å². The molecule has 104 valence electrons. The quantitative estimate of drug-likeness (QED) is 0.840. The van der Waals surface area contributed by atoms with Gasteiger partial charge in [-0.25, -0.2) is 0 Å². The van der Waals surface area contributed by atoms with Crippen molar-refractivity contribution in [1.82, 2.24) is 10.2 Å². The summed E-state index contributed by atoms with van der Waals surface area (Å²) in [4.78, 5) is 2.26. The molecule has 1 N–H and O–H groups in total. The molecular formula is C15H22N2OS. The van der Waals surface area contributed by atoms with Gasteiger partial charge in [-0.3, -0.25) is 4.90 Å². The molecule has 0 bridgehead atoms. The molecule has 2 aromatic heterocycles. The normalized spacial score (nSPS) is 11.6. The van der Waals surface area contributed by atoms with Crippen LogP contribution in [-0.2, 0) is 19.6 Å². The molecule has 2 aromatic rings. The van der Waals surface area contributed by atoms with Crippen molar-refractivity contribution >= 4 is 11.3 Å². The van der Waals surface area contributed by atoms with Crippen molar-refractivity contribution in [3.63, 3.8) is 0 Å². The summed E-state index contributed by atoms with van der Waals surface area (Å²) in [6.07, 6.45) is 0.